The van der Waals surface area contributed by atoms with Gasteiger partial charge < -0.3 is 4.74 Å². The highest BCUT2D eigenvalue weighted by Crippen LogP contribution is 2.34. The van der Waals surface area contributed by atoms with Crippen molar-refractivity contribution in [2.24, 2.45) is 5.90 Å². The van der Waals surface area contributed by atoms with Crippen LogP contribution in [0.25, 0.3) is 0 Å². The molecule has 0 unspecified atom stereocenters. The lowest BCUT2D eigenvalue weighted by atomic mass is 10.1. The maximum absolute atomic E-state index is 12.5. The summed E-state index contributed by atoms with van der Waals surface area (Å²) >= 11 is 0. The third-order valence-corrected chi connectivity index (χ3v) is 1.86. The van der Waals surface area contributed by atoms with E-state index in [1.54, 1.807) is 0 Å². The van der Waals surface area contributed by atoms with Crippen LogP contribution in [0.1, 0.15) is 11.1 Å². The Hall–Kier alpha value is -1.27. The first-order valence-corrected chi connectivity index (χ1v) is 4.05. The minimum atomic E-state index is -4.44. The van der Waals surface area contributed by atoms with Crippen molar-refractivity contribution in [1.29, 1.82) is 0 Å². The Morgan fingerprint density at radius 2 is 2.00 bits per heavy atom. The molecule has 0 heterocycles. The van der Waals surface area contributed by atoms with Gasteiger partial charge in [-0.05, 0) is 17.7 Å². The van der Waals surface area contributed by atoms with Crippen molar-refractivity contribution in [3.8, 4) is 5.75 Å². The van der Waals surface area contributed by atoms with E-state index in [-0.39, 0.29) is 17.9 Å². The molecule has 1 aromatic rings. The summed E-state index contributed by atoms with van der Waals surface area (Å²) in [4.78, 5) is 4.20. The van der Waals surface area contributed by atoms with Crippen LogP contribution in [0.2, 0.25) is 0 Å². The Balaban J connectivity index is 3.16. The summed E-state index contributed by atoms with van der Waals surface area (Å²) in [6, 6.07) is 3.60. The summed E-state index contributed by atoms with van der Waals surface area (Å²) in [5.41, 5.74) is -0.821. The first-order valence-electron chi connectivity index (χ1n) is 4.05. The minimum Gasteiger partial charge on any atom is -0.497 e. The van der Waals surface area contributed by atoms with Gasteiger partial charge in [-0.2, -0.15) is 13.2 Å². The molecule has 84 valence electrons. The molecule has 3 nitrogen and oxygen atoms in total. The Kier molecular flexibility index (Phi) is 3.54. The first kappa shape index (κ1) is 11.8. The predicted molar refractivity (Wildman–Crippen MR) is 47.0 cm³/mol. The van der Waals surface area contributed by atoms with Crippen LogP contribution in [0.15, 0.2) is 18.2 Å². The van der Waals surface area contributed by atoms with E-state index < -0.39 is 11.7 Å². The molecule has 0 aliphatic rings. The zero-order valence-electron chi connectivity index (χ0n) is 7.97. The number of rotatable bonds is 3. The maximum Gasteiger partial charge on any atom is 0.416 e. The predicted octanol–water partition coefficient (Wildman–Crippen LogP) is 2.10. The highest BCUT2D eigenvalue weighted by Gasteiger charge is 2.33. The number of alkyl halides is 3. The lowest BCUT2D eigenvalue weighted by Crippen LogP contribution is -2.11. The van der Waals surface area contributed by atoms with Gasteiger partial charge >= 0.3 is 6.18 Å². The van der Waals surface area contributed by atoms with Crippen LogP contribution in [-0.4, -0.2) is 7.11 Å². The number of hydrogen-bond donors (Lipinski definition) is 1. The summed E-state index contributed by atoms with van der Waals surface area (Å²) in [6.45, 7) is -0.293. The van der Waals surface area contributed by atoms with Crippen LogP contribution < -0.4 is 10.6 Å². The molecule has 0 radical (unpaired) electrons. The lowest BCUT2D eigenvalue weighted by molar-refractivity contribution is -0.139. The molecule has 0 aromatic heterocycles. The van der Waals surface area contributed by atoms with Crippen LogP contribution in [0, 0.1) is 0 Å². The van der Waals surface area contributed by atoms with E-state index in [2.05, 4.69) is 4.84 Å². The molecule has 0 bridgehead atoms. The van der Waals surface area contributed by atoms with Crippen LogP contribution in [0.5, 0.6) is 5.75 Å². The van der Waals surface area contributed by atoms with E-state index in [1.165, 1.54) is 19.2 Å². The second-order valence-corrected chi connectivity index (χ2v) is 2.83. The zero-order valence-corrected chi connectivity index (χ0v) is 7.97. The second-order valence-electron chi connectivity index (χ2n) is 2.83. The van der Waals surface area contributed by atoms with Crippen LogP contribution in [0.4, 0.5) is 13.2 Å². The first-order chi connectivity index (χ1) is 6.99. The van der Waals surface area contributed by atoms with Gasteiger partial charge in [0.2, 0.25) is 0 Å². The van der Waals surface area contributed by atoms with Crippen molar-refractivity contribution in [3.63, 3.8) is 0 Å². The van der Waals surface area contributed by atoms with Crippen molar-refractivity contribution >= 4 is 0 Å². The van der Waals surface area contributed by atoms with Crippen LogP contribution >= 0.6 is 0 Å². The summed E-state index contributed by atoms with van der Waals surface area (Å²) in [7, 11) is 1.30. The third-order valence-electron chi connectivity index (χ3n) is 1.86. The highest BCUT2D eigenvalue weighted by molar-refractivity contribution is 5.37. The van der Waals surface area contributed by atoms with Gasteiger partial charge in [-0.1, -0.05) is 6.07 Å². The standard InChI is InChI=1S/C9H10F3NO2/c1-14-7-3-2-6(5-15-13)8(4-7)9(10,11)12/h2-4H,5,13H2,1H3. The fourth-order valence-corrected chi connectivity index (χ4v) is 1.16. The second kappa shape index (κ2) is 4.50. The van der Waals surface area contributed by atoms with E-state index >= 15 is 0 Å². The van der Waals surface area contributed by atoms with E-state index in [0.29, 0.717) is 0 Å². The number of benzene rings is 1. The third kappa shape index (κ3) is 2.84. The molecule has 0 saturated carbocycles. The molecule has 1 rings (SSSR count). The van der Waals surface area contributed by atoms with E-state index in [1.807, 2.05) is 0 Å². The molecule has 0 fully saturated rings. The summed E-state index contributed by atoms with van der Waals surface area (Å²) < 4.78 is 42.3. The molecule has 6 heteroatoms. The Morgan fingerprint density at radius 3 is 2.47 bits per heavy atom. The van der Waals surface area contributed by atoms with Crippen molar-refractivity contribution in [2.75, 3.05) is 7.11 Å². The minimum absolute atomic E-state index is 0.0224. The van der Waals surface area contributed by atoms with Gasteiger partial charge in [0.15, 0.2) is 0 Å². The number of methoxy groups -OCH3 is 1. The average molecular weight is 221 g/mol. The largest absolute Gasteiger partial charge is 0.497 e. The number of hydrogen-bond acceptors (Lipinski definition) is 3. The molecule has 0 spiro atoms. The average Bonchev–Trinajstić information content (AvgIpc) is 2.17. The van der Waals surface area contributed by atoms with Gasteiger partial charge in [0, 0.05) is 0 Å². The molecular formula is C9H10F3NO2. The maximum atomic E-state index is 12.5. The topological polar surface area (TPSA) is 44.5 Å². The number of halogens is 3. The fraction of sp³-hybridized carbons (Fsp3) is 0.333. The SMILES string of the molecule is COc1ccc(CON)c(C(F)(F)F)c1. The van der Waals surface area contributed by atoms with E-state index in [9.17, 15) is 13.2 Å². The van der Waals surface area contributed by atoms with E-state index in [0.717, 1.165) is 6.07 Å². The molecule has 15 heavy (non-hydrogen) atoms. The monoisotopic (exact) mass is 221 g/mol. The Morgan fingerprint density at radius 1 is 1.33 bits per heavy atom. The van der Waals surface area contributed by atoms with Gasteiger partial charge in [0.05, 0.1) is 19.3 Å². The Bertz CT molecular complexity index is 339. The van der Waals surface area contributed by atoms with Gasteiger partial charge in [-0.25, -0.2) is 5.90 Å². The molecule has 0 amide bonds. The lowest BCUT2D eigenvalue weighted by Gasteiger charge is -2.13. The van der Waals surface area contributed by atoms with Crippen LogP contribution in [-0.2, 0) is 17.6 Å². The number of ether oxygens (including phenoxy) is 1. The van der Waals surface area contributed by atoms with Gasteiger partial charge in [0.25, 0.3) is 0 Å². The van der Waals surface area contributed by atoms with Gasteiger partial charge in [0.1, 0.15) is 5.75 Å². The van der Waals surface area contributed by atoms with Crippen molar-refractivity contribution in [2.45, 2.75) is 12.8 Å². The van der Waals surface area contributed by atoms with Crippen molar-refractivity contribution < 1.29 is 22.7 Å². The molecular weight excluding hydrogens is 211 g/mol. The number of nitrogens with two attached hydrogens (primary N) is 1. The van der Waals surface area contributed by atoms with Gasteiger partial charge in [-0.3, -0.25) is 4.84 Å². The molecule has 0 aliphatic carbocycles. The fourth-order valence-electron chi connectivity index (χ4n) is 1.16. The summed E-state index contributed by atoms with van der Waals surface area (Å²) in [6.07, 6.45) is -4.44. The molecule has 0 aliphatic heterocycles. The quantitative estimate of drug-likeness (QED) is 0.795. The van der Waals surface area contributed by atoms with Crippen molar-refractivity contribution in [1.82, 2.24) is 0 Å². The normalized spacial score (nSPS) is 11.5. The van der Waals surface area contributed by atoms with Crippen LogP contribution in [0.3, 0.4) is 0 Å². The molecule has 0 saturated heterocycles. The zero-order chi connectivity index (χ0) is 11.5. The Labute approximate surface area is 84.5 Å². The van der Waals surface area contributed by atoms with Gasteiger partial charge in [-0.15, -0.1) is 0 Å². The molecule has 1 aromatic carbocycles. The highest BCUT2D eigenvalue weighted by atomic mass is 19.4. The van der Waals surface area contributed by atoms with Crippen molar-refractivity contribution in [3.05, 3.63) is 29.3 Å². The summed E-state index contributed by atoms with van der Waals surface area (Å²) in [5.74, 6) is 4.89. The molecule has 2 N–H and O–H groups in total. The summed E-state index contributed by atoms with van der Waals surface area (Å²) in [5, 5.41) is 0. The van der Waals surface area contributed by atoms with E-state index in [4.69, 9.17) is 10.6 Å². The molecule has 0 atom stereocenters. The smallest absolute Gasteiger partial charge is 0.416 e.